The standard InChI is InChI=1S/C57H92N18O13/c1-31(2)27-41(46(60)79)71-48(81)39(16-10-24-65-56(61)62)69-53(86)44-18-12-26-75(44)55(88)32(3)67-51(84)42(28-34-13-6-5-7-14-34)73-52(85)43(29-35-19-21-36(78)22-20-35)72-49(82)40(17-11-25-66-57(63)64)70-54(87)45(33(4)77)74-50(83)38(15-8-9-23-58)68-47(80)37(59)30-76/h5-7,13-14,19-22,31-33,37-45,76-78H,8-12,15-18,23-30,58-59H2,1-4H3,(H2,60,79)(H,67,84)(H,68,80)(H,69,86)(H,70,87)(H,71,81)(H,72,82)(H,73,85)(H,74,83)(H4,61,62,65)(H4,63,64,66)/t32-,33+,37-,38-,39-,40-,41-,42-,43-,44-,45-/m0/s1. The normalized spacial score (nSPS) is 16.2. The highest BCUT2D eigenvalue weighted by Gasteiger charge is 2.40. The minimum absolute atomic E-state index is 0.0225. The number of aromatic hydroxyl groups is 1. The first kappa shape index (κ1) is 73.6. The van der Waals surface area contributed by atoms with E-state index in [4.69, 9.17) is 40.1 Å². The minimum atomic E-state index is -1.74. The molecule has 31 nitrogen and oxygen atoms in total. The summed E-state index contributed by atoms with van der Waals surface area (Å²) in [6.45, 7) is 5.99. The van der Waals surface area contributed by atoms with Crippen LogP contribution in [0.5, 0.6) is 5.75 Å². The van der Waals surface area contributed by atoms with E-state index < -0.39 is 132 Å². The van der Waals surface area contributed by atoms with E-state index in [9.17, 15) is 63.3 Å². The summed E-state index contributed by atoms with van der Waals surface area (Å²) in [6.07, 6.45) is -0.201. The molecule has 0 unspecified atom stereocenters. The van der Waals surface area contributed by atoms with Gasteiger partial charge >= 0.3 is 0 Å². The zero-order valence-electron chi connectivity index (χ0n) is 50.5. The maximum absolute atomic E-state index is 14.8. The number of primary amides is 1. The molecule has 0 aromatic heterocycles. The Labute approximate surface area is 511 Å². The molecule has 3 rings (SSSR count). The molecule has 1 heterocycles. The average Bonchev–Trinajstić information content (AvgIpc) is 3.64. The van der Waals surface area contributed by atoms with Crippen LogP contribution in [0.2, 0.25) is 0 Å². The van der Waals surface area contributed by atoms with Crippen molar-refractivity contribution in [3.05, 3.63) is 65.7 Å². The predicted molar refractivity (Wildman–Crippen MR) is 326 cm³/mol. The van der Waals surface area contributed by atoms with Crippen molar-refractivity contribution >= 4 is 71.0 Å². The lowest BCUT2D eigenvalue weighted by Crippen LogP contribution is -2.62. The third-order valence-electron chi connectivity index (χ3n) is 14.2. The Morgan fingerprint density at radius 2 is 1.05 bits per heavy atom. The van der Waals surface area contributed by atoms with E-state index in [0.29, 0.717) is 30.4 Å². The fraction of sp³-hybridized carbons (Fsp3) is 0.579. The van der Waals surface area contributed by atoms with E-state index in [1.807, 2.05) is 13.8 Å². The Hall–Kier alpha value is -8.68. The molecular weight excluding hydrogens is 1140 g/mol. The van der Waals surface area contributed by atoms with Crippen molar-refractivity contribution in [3.8, 4) is 5.75 Å². The second-order valence-electron chi connectivity index (χ2n) is 22.1. The molecule has 0 saturated carbocycles. The Morgan fingerprint density at radius 3 is 1.55 bits per heavy atom. The fourth-order valence-electron chi connectivity index (χ4n) is 9.45. The summed E-state index contributed by atoms with van der Waals surface area (Å²) in [5.41, 5.74) is 39.9. The number of phenols is 1. The van der Waals surface area contributed by atoms with Gasteiger partial charge < -0.3 is 103 Å². The van der Waals surface area contributed by atoms with Crippen molar-refractivity contribution in [1.29, 1.82) is 0 Å². The van der Waals surface area contributed by atoms with Crippen LogP contribution in [0.1, 0.15) is 103 Å². The number of nitrogens with one attached hydrogen (secondary N) is 8. The summed E-state index contributed by atoms with van der Waals surface area (Å²) in [5, 5.41) is 51.2. The molecular formula is C57H92N18O13. The zero-order valence-corrected chi connectivity index (χ0v) is 50.5. The van der Waals surface area contributed by atoms with Gasteiger partial charge in [0.1, 0.15) is 66.2 Å². The first-order valence-electron chi connectivity index (χ1n) is 29.4. The maximum atomic E-state index is 14.8. The molecule has 0 radical (unpaired) electrons. The van der Waals surface area contributed by atoms with Gasteiger partial charge in [-0.15, -0.1) is 0 Å². The number of likely N-dealkylation sites (tertiary alicyclic amines) is 1. The molecule has 11 atom stereocenters. The van der Waals surface area contributed by atoms with Crippen LogP contribution in [0.25, 0.3) is 0 Å². The summed E-state index contributed by atoms with van der Waals surface area (Å²) in [6, 6.07) is 0.656. The van der Waals surface area contributed by atoms with Crippen molar-refractivity contribution in [2.24, 2.45) is 56.0 Å². The highest BCUT2D eigenvalue weighted by atomic mass is 16.3. The number of carbonyl (C=O) groups excluding carboxylic acids is 10. The summed E-state index contributed by atoms with van der Waals surface area (Å²) >= 11 is 0. The summed E-state index contributed by atoms with van der Waals surface area (Å²) in [5.74, 6) is -8.95. The van der Waals surface area contributed by atoms with E-state index in [0.717, 1.165) is 0 Å². The molecule has 488 valence electrons. The van der Waals surface area contributed by atoms with E-state index in [2.05, 4.69) is 52.5 Å². The van der Waals surface area contributed by atoms with Gasteiger partial charge in [-0.2, -0.15) is 0 Å². The second kappa shape index (κ2) is 37.8. The van der Waals surface area contributed by atoms with Crippen LogP contribution in [0.3, 0.4) is 0 Å². The minimum Gasteiger partial charge on any atom is -0.508 e. The third-order valence-corrected chi connectivity index (χ3v) is 14.2. The van der Waals surface area contributed by atoms with E-state index >= 15 is 0 Å². The number of unbranched alkanes of at least 4 members (excludes halogenated alkanes) is 1. The van der Waals surface area contributed by atoms with E-state index in [1.54, 1.807) is 30.3 Å². The van der Waals surface area contributed by atoms with Gasteiger partial charge in [-0.25, -0.2) is 0 Å². The third kappa shape index (κ3) is 25.7. The second-order valence-corrected chi connectivity index (χ2v) is 22.1. The molecule has 2 aromatic carbocycles. The van der Waals surface area contributed by atoms with Crippen molar-refractivity contribution in [1.82, 2.24) is 47.4 Å². The van der Waals surface area contributed by atoms with Crippen molar-refractivity contribution in [3.63, 3.8) is 0 Å². The first-order valence-corrected chi connectivity index (χ1v) is 29.4. The summed E-state index contributed by atoms with van der Waals surface area (Å²) < 4.78 is 0. The zero-order chi connectivity index (χ0) is 65.6. The monoisotopic (exact) mass is 1240 g/mol. The number of phenolic OH excluding ortho intramolecular Hbond substituents is 1. The summed E-state index contributed by atoms with van der Waals surface area (Å²) in [7, 11) is 0. The molecule has 25 N–H and O–H groups in total. The molecule has 31 heteroatoms. The number of rotatable bonds is 38. The van der Waals surface area contributed by atoms with Crippen LogP contribution < -0.4 is 82.7 Å². The number of amides is 10. The number of hydrogen-bond acceptors (Lipinski definition) is 17. The van der Waals surface area contributed by atoms with Crippen LogP contribution in [-0.4, -0.2) is 191 Å². The topological polar surface area (TPSA) is 538 Å². The lowest BCUT2D eigenvalue weighted by atomic mass is 10.0. The molecule has 0 aliphatic carbocycles. The quantitative estimate of drug-likeness (QED) is 0.0169. The number of nitrogens with two attached hydrogens (primary N) is 7. The van der Waals surface area contributed by atoms with Crippen LogP contribution in [0.15, 0.2) is 64.6 Å². The molecule has 0 spiro atoms. The number of hydrogen-bond donors (Lipinski definition) is 18. The van der Waals surface area contributed by atoms with Gasteiger partial charge in [0.05, 0.1) is 12.7 Å². The van der Waals surface area contributed by atoms with Crippen molar-refractivity contribution in [2.45, 2.75) is 171 Å². The lowest BCUT2D eigenvalue weighted by molar-refractivity contribution is -0.142. The lowest BCUT2D eigenvalue weighted by Gasteiger charge is -2.30. The molecule has 2 aromatic rings. The van der Waals surface area contributed by atoms with Crippen molar-refractivity contribution in [2.75, 3.05) is 32.8 Å². The van der Waals surface area contributed by atoms with E-state index in [-0.39, 0.29) is 108 Å². The van der Waals surface area contributed by atoms with E-state index in [1.165, 1.54) is 43.0 Å². The number of nitrogens with zero attached hydrogens (tertiary/aromatic N) is 3. The number of carbonyl (C=O) groups is 10. The number of aliphatic imine (C=N–C) groups is 2. The Kier molecular flexibility index (Phi) is 31.6. The largest absolute Gasteiger partial charge is 0.508 e. The SMILES string of the molecule is CC(C)C[C@H](NC(=O)[C@H](CCCN=C(N)N)NC(=O)[C@@H]1CCCN1C(=O)[C@H](C)NC(=O)[C@H](Cc1ccccc1)NC(=O)[C@H](Cc1ccc(O)cc1)NC(=O)[C@H](CCCN=C(N)N)NC(=O)[C@@H](NC(=O)[C@H](CCCCN)NC(=O)[C@@H](N)CO)[C@@H](C)O)C(N)=O. The van der Waals surface area contributed by atoms with Gasteiger partial charge in [0, 0.05) is 32.5 Å². The van der Waals surface area contributed by atoms with Crippen LogP contribution in [0, 0.1) is 5.92 Å². The van der Waals surface area contributed by atoms with Gasteiger partial charge in [-0.3, -0.25) is 57.9 Å². The molecule has 1 fully saturated rings. The van der Waals surface area contributed by atoms with Gasteiger partial charge in [-0.05, 0) is 114 Å². The highest BCUT2D eigenvalue weighted by Crippen LogP contribution is 2.20. The Morgan fingerprint density at radius 1 is 0.580 bits per heavy atom. The van der Waals surface area contributed by atoms with Gasteiger partial charge in [-0.1, -0.05) is 56.3 Å². The smallest absolute Gasteiger partial charge is 0.245 e. The molecule has 10 amide bonds. The number of guanidine groups is 2. The van der Waals surface area contributed by atoms with Crippen LogP contribution in [-0.2, 0) is 60.8 Å². The Balaban J connectivity index is 1.96. The van der Waals surface area contributed by atoms with Gasteiger partial charge in [0.15, 0.2) is 11.9 Å². The Bertz CT molecular complexity index is 2690. The molecule has 1 saturated heterocycles. The van der Waals surface area contributed by atoms with Crippen LogP contribution >= 0.6 is 0 Å². The summed E-state index contributed by atoms with van der Waals surface area (Å²) in [4.78, 5) is 148. The predicted octanol–water partition coefficient (Wildman–Crippen LogP) is -5.47. The fourth-order valence-corrected chi connectivity index (χ4v) is 9.45. The van der Waals surface area contributed by atoms with Crippen LogP contribution in [0.4, 0.5) is 0 Å². The first-order chi connectivity index (χ1) is 41.6. The average molecular weight is 1240 g/mol. The maximum Gasteiger partial charge on any atom is 0.245 e. The number of aliphatic hydroxyl groups excluding tert-OH is 2. The van der Waals surface area contributed by atoms with Gasteiger partial charge in [0.25, 0.3) is 0 Å². The molecule has 1 aliphatic rings. The highest BCUT2D eigenvalue weighted by molar-refractivity contribution is 5.99. The molecule has 0 bridgehead atoms. The number of benzene rings is 2. The molecule has 1 aliphatic heterocycles. The molecule has 88 heavy (non-hydrogen) atoms. The van der Waals surface area contributed by atoms with Gasteiger partial charge in [0.2, 0.25) is 59.1 Å². The van der Waals surface area contributed by atoms with Crippen molar-refractivity contribution < 1.29 is 63.3 Å². The number of aliphatic hydroxyl groups is 2.